The minimum atomic E-state index is 0.266. The fourth-order valence-electron chi connectivity index (χ4n) is 3.84. The molecule has 3 aromatic carbocycles. The predicted octanol–water partition coefficient (Wildman–Crippen LogP) is 6.07. The van der Waals surface area contributed by atoms with Crippen LogP contribution in [0.1, 0.15) is 32.1 Å². The van der Waals surface area contributed by atoms with Crippen LogP contribution in [-0.2, 0) is 0 Å². The third-order valence-corrected chi connectivity index (χ3v) is 5.29. The summed E-state index contributed by atoms with van der Waals surface area (Å²) in [6.45, 7) is 0. The molecule has 0 aliphatic heterocycles. The molecule has 1 heterocycles. The molecular weight excluding hydrogens is 338 g/mol. The number of rotatable bonds is 3. The summed E-state index contributed by atoms with van der Waals surface area (Å²) in [6.07, 6.45) is 6.39. The van der Waals surface area contributed by atoms with E-state index in [1.54, 1.807) is 12.1 Å². The van der Waals surface area contributed by atoms with Crippen molar-refractivity contribution in [1.82, 2.24) is 4.98 Å². The van der Waals surface area contributed by atoms with E-state index in [1.807, 2.05) is 42.5 Å². The smallest absolute Gasteiger partial charge is 0.227 e. The van der Waals surface area contributed by atoms with E-state index in [0.717, 1.165) is 46.0 Å². The molecule has 136 valence electrons. The van der Waals surface area contributed by atoms with E-state index < -0.39 is 0 Å². The number of nitrogens with zero attached hydrogens (tertiary/aromatic N) is 1. The van der Waals surface area contributed by atoms with Crippen molar-refractivity contribution in [1.29, 1.82) is 0 Å². The lowest BCUT2D eigenvalue weighted by molar-refractivity contribution is 0.155. The first-order chi connectivity index (χ1) is 13.2. The highest BCUT2D eigenvalue weighted by molar-refractivity contribution is 5.88. The van der Waals surface area contributed by atoms with Crippen LogP contribution in [0.15, 0.2) is 59.0 Å². The van der Waals surface area contributed by atoms with Crippen LogP contribution in [0.25, 0.3) is 33.3 Å². The average molecular weight is 359 g/mol. The number of benzene rings is 3. The van der Waals surface area contributed by atoms with Crippen molar-refractivity contribution >= 4 is 21.9 Å². The van der Waals surface area contributed by atoms with Gasteiger partial charge in [-0.15, -0.1) is 0 Å². The van der Waals surface area contributed by atoms with Gasteiger partial charge in [0.25, 0.3) is 0 Å². The molecule has 4 aromatic rings. The predicted molar refractivity (Wildman–Crippen MR) is 106 cm³/mol. The second kappa shape index (κ2) is 6.62. The average Bonchev–Trinajstić information content (AvgIpc) is 3.12. The molecule has 0 spiro atoms. The standard InChI is InChI=1S/C23H21NO3/c25-18-9-8-15-12-17(7-6-16(15)13-18)23-24-21-11-10-20(14-22(21)27-23)26-19-4-2-1-3-5-19/h6-14,19,25H,1-5H2. The number of phenols is 1. The summed E-state index contributed by atoms with van der Waals surface area (Å²) in [5.41, 5.74) is 2.48. The maximum Gasteiger partial charge on any atom is 0.227 e. The molecule has 1 saturated carbocycles. The number of aromatic hydroxyl groups is 1. The van der Waals surface area contributed by atoms with Gasteiger partial charge in [0, 0.05) is 11.6 Å². The molecule has 1 fully saturated rings. The highest BCUT2D eigenvalue weighted by atomic mass is 16.5. The van der Waals surface area contributed by atoms with Crippen molar-refractivity contribution in [2.75, 3.05) is 0 Å². The van der Waals surface area contributed by atoms with Crippen LogP contribution in [0.2, 0.25) is 0 Å². The number of hydrogen-bond donors (Lipinski definition) is 1. The lowest BCUT2D eigenvalue weighted by Gasteiger charge is -2.22. The molecule has 0 unspecified atom stereocenters. The Balaban J connectivity index is 1.46. The van der Waals surface area contributed by atoms with Gasteiger partial charge in [-0.05, 0) is 72.9 Å². The first-order valence-electron chi connectivity index (χ1n) is 9.55. The van der Waals surface area contributed by atoms with Crippen molar-refractivity contribution in [2.45, 2.75) is 38.2 Å². The molecule has 0 atom stereocenters. The van der Waals surface area contributed by atoms with Crippen LogP contribution < -0.4 is 4.74 Å². The summed E-state index contributed by atoms with van der Waals surface area (Å²) in [6, 6.07) is 17.2. The fraction of sp³-hybridized carbons (Fsp3) is 0.261. The van der Waals surface area contributed by atoms with Gasteiger partial charge in [-0.25, -0.2) is 4.98 Å². The van der Waals surface area contributed by atoms with Crippen molar-refractivity contribution in [3.63, 3.8) is 0 Å². The van der Waals surface area contributed by atoms with Gasteiger partial charge in [0.2, 0.25) is 5.89 Å². The summed E-state index contributed by atoms with van der Waals surface area (Å²) in [5, 5.41) is 11.6. The lowest BCUT2D eigenvalue weighted by Crippen LogP contribution is -2.19. The monoisotopic (exact) mass is 359 g/mol. The molecule has 4 nitrogen and oxygen atoms in total. The second-order valence-corrected chi connectivity index (χ2v) is 7.27. The zero-order valence-corrected chi connectivity index (χ0v) is 15.0. The number of hydrogen-bond acceptors (Lipinski definition) is 4. The number of ether oxygens (including phenoxy) is 1. The van der Waals surface area contributed by atoms with Gasteiger partial charge in [-0.3, -0.25) is 0 Å². The summed E-state index contributed by atoms with van der Waals surface area (Å²) in [5.74, 6) is 1.71. The third-order valence-electron chi connectivity index (χ3n) is 5.29. The Bertz CT molecular complexity index is 1110. The summed E-state index contributed by atoms with van der Waals surface area (Å²) in [4.78, 5) is 4.62. The molecule has 1 aliphatic carbocycles. The van der Waals surface area contributed by atoms with Crippen molar-refractivity contribution < 1.29 is 14.3 Å². The second-order valence-electron chi connectivity index (χ2n) is 7.27. The zero-order chi connectivity index (χ0) is 18.2. The lowest BCUT2D eigenvalue weighted by atomic mass is 9.98. The molecule has 4 heteroatoms. The Morgan fingerprint density at radius 2 is 1.70 bits per heavy atom. The molecule has 1 aliphatic rings. The van der Waals surface area contributed by atoms with Gasteiger partial charge in [-0.1, -0.05) is 18.6 Å². The van der Waals surface area contributed by atoms with E-state index >= 15 is 0 Å². The maximum absolute atomic E-state index is 9.61. The quantitative estimate of drug-likeness (QED) is 0.483. The van der Waals surface area contributed by atoms with Crippen LogP contribution in [0.3, 0.4) is 0 Å². The molecule has 0 saturated heterocycles. The molecular formula is C23H21NO3. The van der Waals surface area contributed by atoms with E-state index in [4.69, 9.17) is 9.15 Å². The minimum Gasteiger partial charge on any atom is -0.508 e. The van der Waals surface area contributed by atoms with E-state index in [-0.39, 0.29) is 5.75 Å². The Hall–Kier alpha value is -3.01. The van der Waals surface area contributed by atoms with E-state index in [1.165, 1.54) is 19.3 Å². The third kappa shape index (κ3) is 3.23. The Kier molecular flexibility index (Phi) is 3.97. The van der Waals surface area contributed by atoms with Crippen LogP contribution in [0.5, 0.6) is 11.5 Å². The van der Waals surface area contributed by atoms with Crippen LogP contribution in [0, 0.1) is 0 Å². The van der Waals surface area contributed by atoms with Crippen LogP contribution in [0.4, 0.5) is 0 Å². The topological polar surface area (TPSA) is 55.5 Å². The first kappa shape index (κ1) is 16.2. The molecule has 0 amide bonds. The number of fused-ring (bicyclic) bond motifs is 2. The van der Waals surface area contributed by atoms with Crippen molar-refractivity contribution in [2.24, 2.45) is 0 Å². The van der Waals surface area contributed by atoms with Gasteiger partial charge < -0.3 is 14.3 Å². The largest absolute Gasteiger partial charge is 0.508 e. The minimum absolute atomic E-state index is 0.266. The molecule has 1 N–H and O–H groups in total. The first-order valence-corrected chi connectivity index (χ1v) is 9.55. The summed E-state index contributed by atoms with van der Waals surface area (Å²) in [7, 11) is 0. The van der Waals surface area contributed by atoms with Gasteiger partial charge in [0.1, 0.15) is 17.0 Å². The summed E-state index contributed by atoms with van der Waals surface area (Å²) >= 11 is 0. The van der Waals surface area contributed by atoms with Gasteiger partial charge in [0.05, 0.1) is 6.10 Å². The molecule has 1 aromatic heterocycles. The van der Waals surface area contributed by atoms with Gasteiger partial charge in [-0.2, -0.15) is 0 Å². The SMILES string of the molecule is Oc1ccc2cc(-c3nc4ccc(OC5CCCCC5)cc4o3)ccc2c1. The Morgan fingerprint density at radius 3 is 2.59 bits per heavy atom. The van der Waals surface area contributed by atoms with Gasteiger partial charge >= 0.3 is 0 Å². The van der Waals surface area contributed by atoms with Gasteiger partial charge in [0.15, 0.2) is 5.58 Å². The maximum atomic E-state index is 9.61. The van der Waals surface area contributed by atoms with E-state index in [9.17, 15) is 5.11 Å². The summed E-state index contributed by atoms with van der Waals surface area (Å²) < 4.78 is 12.2. The Morgan fingerprint density at radius 1 is 0.889 bits per heavy atom. The Labute approximate surface area is 157 Å². The molecule has 0 radical (unpaired) electrons. The normalized spacial score (nSPS) is 15.4. The zero-order valence-electron chi connectivity index (χ0n) is 15.0. The van der Waals surface area contributed by atoms with E-state index in [0.29, 0.717) is 12.0 Å². The van der Waals surface area contributed by atoms with Crippen molar-refractivity contribution in [3.8, 4) is 23.0 Å². The number of oxazole rings is 1. The number of phenolic OH excluding ortho intramolecular Hbond substituents is 1. The van der Waals surface area contributed by atoms with Crippen molar-refractivity contribution in [3.05, 3.63) is 54.6 Å². The molecule has 0 bridgehead atoms. The van der Waals surface area contributed by atoms with E-state index in [2.05, 4.69) is 4.98 Å². The fourth-order valence-corrected chi connectivity index (χ4v) is 3.84. The van der Waals surface area contributed by atoms with Crippen LogP contribution >= 0.6 is 0 Å². The highest BCUT2D eigenvalue weighted by Gasteiger charge is 2.16. The highest BCUT2D eigenvalue weighted by Crippen LogP contribution is 2.31. The van der Waals surface area contributed by atoms with Crippen LogP contribution in [-0.4, -0.2) is 16.2 Å². The molecule has 5 rings (SSSR count). The molecule has 27 heavy (non-hydrogen) atoms. The number of aromatic nitrogens is 1.